The molecule has 2 aromatic heterocycles. The van der Waals surface area contributed by atoms with Crippen LogP contribution in [0.25, 0.3) is 11.1 Å². The van der Waals surface area contributed by atoms with Crippen LogP contribution in [0, 0.1) is 6.92 Å². The molecule has 0 radical (unpaired) electrons. The van der Waals surface area contributed by atoms with E-state index in [1.54, 1.807) is 24.5 Å². The highest BCUT2D eigenvalue weighted by molar-refractivity contribution is 7.91. The summed E-state index contributed by atoms with van der Waals surface area (Å²) in [5.41, 5.74) is 2.64. The van der Waals surface area contributed by atoms with Crippen molar-refractivity contribution < 1.29 is 18.3 Å². The molecule has 0 aliphatic carbocycles. The van der Waals surface area contributed by atoms with Crippen LogP contribution in [0.3, 0.4) is 0 Å². The van der Waals surface area contributed by atoms with Crippen molar-refractivity contribution in [3.05, 3.63) is 100 Å². The quantitative estimate of drug-likeness (QED) is 0.319. The normalized spacial score (nSPS) is 12.6. The Kier molecular flexibility index (Phi) is 8.08. The van der Waals surface area contributed by atoms with Crippen molar-refractivity contribution >= 4 is 9.84 Å². The topological polar surface area (TPSA) is 111 Å². The van der Waals surface area contributed by atoms with Gasteiger partial charge in [0.25, 0.3) is 5.56 Å². The molecule has 2 aromatic carbocycles. The molecule has 0 saturated carbocycles. The maximum Gasteiger partial charge on any atom is 0.277 e. The van der Waals surface area contributed by atoms with E-state index in [0.717, 1.165) is 22.3 Å². The monoisotopic (exact) mass is 533 g/mol. The maximum atomic E-state index is 13.9. The number of sulfone groups is 1. The van der Waals surface area contributed by atoms with Gasteiger partial charge in [0.2, 0.25) is 15.7 Å². The Morgan fingerprint density at radius 3 is 2.32 bits per heavy atom. The molecule has 0 fully saturated rings. The van der Waals surface area contributed by atoms with Crippen LogP contribution >= 0.6 is 0 Å². The number of aryl methyl sites for hydroxylation is 1. The van der Waals surface area contributed by atoms with Crippen molar-refractivity contribution in [2.75, 3.05) is 0 Å². The molecule has 0 unspecified atom stereocenters. The average Bonchev–Trinajstić information content (AvgIpc) is 2.90. The highest BCUT2D eigenvalue weighted by Gasteiger charge is 2.31. The number of aromatic nitrogens is 3. The Morgan fingerprint density at radius 1 is 1.03 bits per heavy atom. The molecule has 0 spiro atoms. The summed E-state index contributed by atoms with van der Waals surface area (Å²) in [4.78, 5) is 21.3. The van der Waals surface area contributed by atoms with E-state index in [4.69, 9.17) is 4.74 Å². The van der Waals surface area contributed by atoms with Gasteiger partial charge in [-0.3, -0.25) is 14.3 Å². The summed E-state index contributed by atoms with van der Waals surface area (Å²) in [6.07, 6.45) is 3.73. The van der Waals surface area contributed by atoms with E-state index in [0.29, 0.717) is 6.42 Å². The van der Waals surface area contributed by atoms with Gasteiger partial charge in [-0.25, -0.2) is 8.42 Å². The van der Waals surface area contributed by atoms with Gasteiger partial charge in [-0.15, -0.1) is 0 Å². The Morgan fingerprint density at radius 2 is 1.71 bits per heavy atom. The van der Waals surface area contributed by atoms with Crippen molar-refractivity contribution in [2.45, 2.75) is 62.7 Å². The number of benzene rings is 2. The first kappa shape index (κ1) is 27.2. The van der Waals surface area contributed by atoms with Gasteiger partial charge >= 0.3 is 0 Å². The third-order valence-electron chi connectivity index (χ3n) is 6.32. The highest BCUT2D eigenvalue weighted by Crippen LogP contribution is 2.30. The fraction of sp³-hybridized carbons (Fsp3) is 0.276. The Labute approximate surface area is 222 Å². The molecule has 1 atom stereocenters. The van der Waals surface area contributed by atoms with Crippen LogP contribution in [0.4, 0.5) is 0 Å². The van der Waals surface area contributed by atoms with Crippen LogP contribution in [-0.4, -0.2) is 34.2 Å². The number of nitrogens with zero attached hydrogens (tertiary/aromatic N) is 3. The molecular weight excluding hydrogens is 502 g/mol. The summed E-state index contributed by atoms with van der Waals surface area (Å²) < 4.78 is 34.5. The minimum atomic E-state index is -4.40. The first-order chi connectivity index (χ1) is 18.1. The average molecular weight is 534 g/mol. The highest BCUT2D eigenvalue weighted by atomic mass is 32.2. The van der Waals surface area contributed by atoms with Crippen LogP contribution in [0.5, 0.6) is 5.88 Å². The molecule has 0 aliphatic heterocycles. The zero-order valence-electron chi connectivity index (χ0n) is 21.8. The SMILES string of the molecule is CC[C@@H](c1ccccc1)n1c(COC(C)C)nc(O)c(S(=O)(=O)c2ccc(-c3ccncc3C)cc2)c1=O. The first-order valence-corrected chi connectivity index (χ1v) is 13.9. The van der Waals surface area contributed by atoms with E-state index in [2.05, 4.69) is 9.97 Å². The molecule has 1 N–H and O–H groups in total. The number of ether oxygens (including phenoxy) is 1. The van der Waals surface area contributed by atoms with E-state index in [1.807, 2.05) is 64.1 Å². The lowest BCUT2D eigenvalue weighted by molar-refractivity contribution is 0.0573. The van der Waals surface area contributed by atoms with Crippen molar-refractivity contribution in [3.63, 3.8) is 0 Å². The molecule has 198 valence electrons. The van der Waals surface area contributed by atoms with E-state index < -0.39 is 32.2 Å². The first-order valence-electron chi connectivity index (χ1n) is 12.4. The van der Waals surface area contributed by atoms with Crippen molar-refractivity contribution in [2.24, 2.45) is 0 Å². The van der Waals surface area contributed by atoms with E-state index >= 15 is 0 Å². The summed E-state index contributed by atoms with van der Waals surface area (Å²) in [7, 11) is -4.40. The lowest BCUT2D eigenvalue weighted by Crippen LogP contribution is -2.34. The fourth-order valence-electron chi connectivity index (χ4n) is 4.42. The fourth-order valence-corrected chi connectivity index (χ4v) is 5.76. The Hall–Kier alpha value is -3.82. The largest absolute Gasteiger partial charge is 0.492 e. The number of aromatic hydroxyl groups is 1. The zero-order valence-corrected chi connectivity index (χ0v) is 22.6. The van der Waals surface area contributed by atoms with Gasteiger partial charge in [-0.2, -0.15) is 4.98 Å². The summed E-state index contributed by atoms with van der Waals surface area (Å²) in [5, 5.41) is 10.8. The minimum Gasteiger partial charge on any atom is -0.492 e. The van der Waals surface area contributed by atoms with Gasteiger partial charge in [0.1, 0.15) is 12.4 Å². The standard InChI is InChI=1S/C29H31N3O5S/c1-5-25(22-9-7-6-8-10-22)32-26(18-37-19(2)3)31-28(33)27(29(32)34)38(35,36)23-13-11-21(12-14-23)24-15-16-30-17-20(24)4/h6-17,19,25,33H,5,18H2,1-4H3/t25-/m0/s1. The lowest BCUT2D eigenvalue weighted by Gasteiger charge is -2.23. The smallest absolute Gasteiger partial charge is 0.277 e. The molecule has 2 heterocycles. The number of hydrogen-bond acceptors (Lipinski definition) is 7. The summed E-state index contributed by atoms with van der Waals surface area (Å²) in [6.45, 7) is 7.43. The second-order valence-corrected chi connectivity index (χ2v) is 11.2. The van der Waals surface area contributed by atoms with Gasteiger partial charge in [-0.05, 0) is 67.6 Å². The summed E-state index contributed by atoms with van der Waals surface area (Å²) in [6, 6.07) is 16.8. The van der Waals surface area contributed by atoms with Gasteiger partial charge in [0, 0.05) is 12.4 Å². The van der Waals surface area contributed by atoms with Crippen molar-refractivity contribution in [1.82, 2.24) is 14.5 Å². The molecule has 0 bridgehead atoms. The third kappa shape index (κ3) is 5.39. The molecule has 0 amide bonds. The van der Waals surface area contributed by atoms with Crippen molar-refractivity contribution in [3.8, 4) is 17.0 Å². The van der Waals surface area contributed by atoms with Gasteiger partial charge in [0.15, 0.2) is 4.90 Å². The molecule has 8 nitrogen and oxygen atoms in total. The third-order valence-corrected chi connectivity index (χ3v) is 8.11. The second-order valence-electron chi connectivity index (χ2n) is 9.27. The number of hydrogen-bond donors (Lipinski definition) is 1. The minimum absolute atomic E-state index is 0.0654. The van der Waals surface area contributed by atoms with E-state index in [1.165, 1.54) is 16.7 Å². The molecule has 0 aliphatic rings. The van der Waals surface area contributed by atoms with Crippen LogP contribution < -0.4 is 5.56 Å². The maximum absolute atomic E-state index is 13.9. The molecule has 4 aromatic rings. The van der Waals surface area contributed by atoms with Crippen LogP contribution in [0.2, 0.25) is 0 Å². The van der Waals surface area contributed by atoms with Crippen LogP contribution in [-0.2, 0) is 21.2 Å². The Bertz CT molecular complexity index is 1580. The van der Waals surface area contributed by atoms with E-state index in [9.17, 15) is 18.3 Å². The Balaban J connectivity index is 1.86. The van der Waals surface area contributed by atoms with Gasteiger partial charge in [0.05, 0.1) is 17.0 Å². The number of rotatable bonds is 9. The zero-order chi connectivity index (χ0) is 27.4. The van der Waals surface area contributed by atoms with E-state index in [-0.39, 0.29) is 23.4 Å². The lowest BCUT2D eigenvalue weighted by atomic mass is 10.0. The van der Waals surface area contributed by atoms with Gasteiger partial charge in [-0.1, -0.05) is 49.4 Å². The predicted octanol–water partition coefficient (Wildman–Crippen LogP) is 5.08. The molecular formula is C29H31N3O5S. The second kappa shape index (κ2) is 11.3. The van der Waals surface area contributed by atoms with Crippen LogP contribution in [0.1, 0.15) is 50.2 Å². The van der Waals surface area contributed by atoms with Gasteiger partial charge < -0.3 is 9.84 Å². The van der Waals surface area contributed by atoms with Crippen molar-refractivity contribution in [1.29, 1.82) is 0 Å². The molecule has 38 heavy (non-hydrogen) atoms. The number of pyridine rings is 1. The molecule has 4 rings (SSSR count). The summed E-state index contributed by atoms with van der Waals surface area (Å²) >= 11 is 0. The summed E-state index contributed by atoms with van der Waals surface area (Å²) in [5.74, 6) is -0.690. The molecule has 9 heteroatoms. The predicted molar refractivity (Wildman–Crippen MR) is 145 cm³/mol. The molecule has 0 saturated heterocycles. The van der Waals surface area contributed by atoms with Crippen LogP contribution in [0.15, 0.2) is 87.6 Å².